The number of anilines is 3. The van der Waals surface area contributed by atoms with Crippen LogP contribution in [-0.2, 0) is 0 Å². The molecule has 0 unspecified atom stereocenters. The Morgan fingerprint density at radius 2 is 1.67 bits per heavy atom. The van der Waals surface area contributed by atoms with Crippen LogP contribution in [0.2, 0.25) is 15.1 Å². The molecule has 0 amide bonds. The van der Waals surface area contributed by atoms with Crippen molar-refractivity contribution in [3.8, 4) is 0 Å². The van der Waals surface area contributed by atoms with E-state index in [0.29, 0.717) is 20.8 Å². The molecule has 0 bridgehead atoms. The van der Waals surface area contributed by atoms with Gasteiger partial charge in [-0.05, 0) is 42.8 Å². The number of halogens is 3. The van der Waals surface area contributed by atoms with Crippen LogP contribution in [0.3, 0.4) is 0 Å². The predicted octanol–water partition coefficient (Wildman–Crippen LogP) is 5.28. The molecule has 5 heteroatoms. The molecule has 0 saturated heterocycles. The lowest BCUT2D eigenvalue weighted by Gasteiger charge is -2.12. The first-order valence-electron chi connectivity index (χ1n) is 5.25. The molecule has 0 heterocycles. The van der Waals surface area contributed by atoms with Crippen LogP contribution in [0.5, 0.6) is 0 Å². The van der Waals surface area contributed by atoms with Gasteiger partial charge < -0.3 is 11.1 Å². The van der Waals surface area contributed by atoms with Crippen molar-refractivity contribution in [3.63, 3.8) is 0 Å². The topological polar surface area (TPSA) is 38.0 Å². The Balaban J connectivity index is 2.37. The number of nitrogens with two attached hydrogens (primary N) is 1. The molecule has 3 N–H and O–H groups in total. The maximum absolute atomic E-state index is 6.10. The Hall–Kier alpha value is -1.09. The van der Waals surface area contributed by atoms with Gasteiger partial charge in [0.1, 0.15) is 0 Å². The minimum atomic E-state index is 0.508. The lowest BCUT2D eigenvalue weighted by molar-refractivity contribution is 1.43. The van der Waals surface area contributed by atoms with Crippen molar-refractivity contribution < 1.29 is 0 Å². The van der Waals surface area contributed by atoms with Crippen molar-refractivity contribution in [2.75, 3.05) is 11.1 Å². The zero-order valence-corrected chi connectivity index (χ0v) is 11.9. The van der Waals surface area contributed by atoms with E-state index in [0.717, 1.165) is 16.9 Å². The third-order valence-electron chi connectivity index (χ3n) is 2.54. The first-order chi connectivity index (χ1) is 8.47. The van der Waals surface area contributed by atoms with E-state index < -0.39 is 0 Å². The Morgan fingerprint density at radius 1 is 0.944 bits per heavy atom. The Morgan fingerprint density at radius 3 is 2.33 bits per heavy atom. The summed E-state index contributed by atoms with van der Waals surface area (Å²) in [6, 6.07) is 8.85. The highest BCUT2D eigenvalue weighted by molar-refractivity contribution is 6.36. The Labute approximate surface area is 121 Å². The summed E-state index contributed by atoms with van der Waals surface area (Å²) in [6.45, 7) is 1.94. The highest BCUT2D eigenvalue weighted by Crippen LogP contribution is 2.32. The smallest absolute Gasteiger partial charge is 0.0656 e. The molecule has 0 saturated carbocycles. The van der Waals surface area contributed by atoms with Crippen LogP contribution in [0.1, 0.15) is 5.56 Å². The Kier molecular flexibility index (Phi) is 3.91. The quantitative estimate of drug-likeness (QED) is 0.740. The molecule has 0 aliphatic rings. The van der Waals surface area contributed by atoms with Gasteiger partial charge in [0.2, 0.25) is 0 Å². The van der Waals surface area contributed by atoms with Gasteiger partial charge in [0.05, 0.1) is 21.4 Å². The number of aryl methyl sites for hydroxylation is 1. The maximum Gasteiger partial charge on any atom is 0.0656 e. The molecular weight excluding hydrogens is 291 g/mol. The van der Waals surface area contributed by atoms with Crippen molar-refractivity contribution in [1.29, 1.82) is 0 Å². The molecule has 0 aliphatic heterocycles. The summed E-state index contributed by atoms with van der Waals surface area (Å²) in [5.41, 5.74) is 8.90. The summed E-state index contributed by atoms with van der Waals surface area (Å²) in [7, 11) is 0. The molecule has 94 valence electrons. The van der Waals surface area contributed by atoms with Gasteiger partial charge >= 0.3 is 0 Å². The SMILES string of the molecule is Cc1cc(N)c(Cl)cc1Nc1ccc(Cl)cc1Cl. The van der Waals surface area contributed by atoms with Gasteiger partial charge in [0.25, 0.3) is 0 Å². The average Bonchev–Trinajstić information content (AvgIpc) is 2.29. The highest BCUT2D eigenvalue weighted by Gasteiger charge is 2.06. The molecule has 0 fully saturated rings. The van der Waals surface area contributed by atoms with E-state index in [1.165, 1.54) is 0 Å². The third kappa shape index (κ3) is 2.83. The van der Waals surface area contributed by atoms with Crippen LogP contribution >= 0.6 is 34.8 Å². The first-order valence-corrected chi connectivity index (χ1v) is 6.38. The zero-order chi connectivity index (χ0) is 13.3. The number of nitrogens with one attached hydrogen (secondary N) is 1. The molecule has 2 aromatic carbocycles. The lowest BCUT2D eigenvalue weighted by Crippen LogP contribution is -1.96. The second kappa shape index (κ2) is 5.27. The van der Waals surface area contributed by atoms with Crippen molar-refractivity contribution in [2.24, 2.45) is 0 Å². The van der Waals surface area contributed by atoms with Gasteiger partial charge in [-0.1, -0.05) is 34.8 Å². The molecule has 0 aliphatic carbocycles. The Bertz CT molecular complexity index is 597. The first kappa shape index (κ1) is 13.3. The summed E-state index contributed by atoms with van der Waals surface area (Å²) >= 11 is 17.9. The van der Waals surface area contributed by atoms with Gasteiger partial charge in [0.15, 0.2) is 0 Å². The summed E-state index contributed by atoms with van der Waals surface area (Å²) in [4.78, 5) is 0. The van der Waals surface area contributed by atoms with Crippen molar-refractivity contribution >= 4 is 51.9 Å². The van der Waals surface area contributed by atoms with Crippen LogP contribution in [0.4, 0.5) is 17.1 Å². The van der Waals surface area contributed by atoms with Gasteiger partial charge in [-0.15, -0.1) is 0 Å². The van der Waals surface area contributed by atoms with Crippen molar-refractivity contribution in [1.82, 2.24) is 0 Å². The van der Waals surface area contributed by atoms with E-state index >= 15 is 0 Å². The molecule has 2 aromatic rings. The van der Waals surface area contributed by atoms with Crippen molar-refractivity contribution in [3.05, 3.63) is 51.0 Å². The van der Waals surface area contributed by atoms with E-state index in [1.807, 2.05) is 19.1 Å². The molecule has 2 rings (SSSR count). The number of hydrogen-bond acceptors (Lipinski definition) is 2. The summed E-state index contributed by atoms with van der Waals surface area (Å²) < 4.78 is 0. The number of benzene rings is 2. The monoisotopic (exact) mass is 300 g/mol. The van der Waals surface area contributed by atoms with E-state index in [9.17, 15) is 0 Å². The zero-order valence-electron chi connectivity index (χ0n) is 9.60. The second-order valence-corrected chi connectivity index (χ2v) is 5.19. The molecule has 2 nitrogen and oxygen atoms in total. The molecule has 18 heavy (non-hydrogen) atoms. The van der Waals surface area contributed by atoms with Crippen molar-refractivity contribution in [2.45, 2.75) is 6.92 Å². The third-order valence-corrected chi connectivity index (χ3v) is 3.42. The van der Waals surface area contributed by atoms with Crippen LogP contribution in [0.15, 0.2) is 30.3 Å². The summed E-state index contributed by atoms with van der Waals surface area (Å²) in [5, 5.41) is 4.86. The molecule has 0 radical (unpaired) electrons. The minimum Gasteiger partial charge on any atom is -0.398 e. The van der Waals surface area contributed by atoms with E-state index in [2.05, 4.69) is 5.32 Å². The normalized spacial score (nSPS) is 10.4. The minimum absolute atomic E-state index is 0.508. The molecular formula is C13H11Cl3N2. The number of rotatable bonds is 2. The molecule has 0 atom stereocenters. The number of hydrogen-bond donors (Lipinski definition) is 2. The predicted molar refractivity (Wildman–Crippen MR) is 80.3 cm³/mol. The van der Waals surface area contributed by atoms with E-state index in [1.54, 1.807) is 18.2 Å². The molecule has 0 spiro atoms. The fraction of sp³-hybridized carbons (Fsp3) is 0.0769. The highest BCUT2D eigenvalue weighted by atomic mass is 35.5. The summed E-state index contributed by atoms with van der Waals surface area (Å²) in [5.74, 6) is 0. The summed E-state index contributed by atoms with van der Waals surface area (Å²) in [6.07, 6.45) is 0. The second-order valence-electron chi connectivity index (χ2n) is 3.94. The van der Waals surface area contributed by atoms with E-state index in [-0.39, 0.29) is 0 Å². The fourth-order valence-corrected chi connectivity index (χ4v) is 2.19. The largest absolute Gasteiger partial charge is 0.398 e. The van der Waals surface area contributed by atoms with Crippen LogP contribution in [0, 0.1) is 6.92 Å². The van der Waals surface area contributed by atoms with E-state index in [4.69, 9.17) is 40.5 Å². The number of nitrogen functional groups attached to an aromatic ring is 1. The fourth-order valence-electron chi connectivity index (χ4n) is 1.57. The maximum atomic E-state index is 6.10. The lowest BCUT2D eigenvalue weighted by atomic mass is 10.1. The standard InChI is InChI=1S/C13H11Cl3N2/c1-7-4-11(17)9(15)6-13(7)18-12-3-2-8(14)5-10(12)16/h2-6,18H,17H2,1H3. The average molecular weight is 302 g/mol. The van der Waals surface area contributed by atoms with Crippen LogP contribution in [0.25, 0.3) is 0 Å². The van der Waals surface area contributed by atoms with Gasteiger partial charge in [-0.2, -0.15) is 0 Å². The van der Waals surface area contributed by atoms with Gasteiger partial charge in [-0.25, -0.2) is 0 Å². The van der Waals surface area contributed by atoms with Gasteiger partial charge in [0, 0.05) is 10.7 Å². The molecule has 0 aromatic heterocycles. The van der Waals surface area contributed by atoms with Crippen LogP contribution in [-0.4, -0.2) is 0 Å². The van der Waals surface area contributed by atoms with Crippen LogP contribution < -0.4 is 11.1 Å². The van der Waals surface area contributed by atoms with Gasteiger partial charge in [-0.3, -0.25) is 0 Å².